The molecule has 94 valence electrons. The van der Waals surface area contributed by atoms with Crippen LogP contribution in [0.15, 0.2) is 29.6 Å². The second kappa shape index (κ2) is 5.27. The highest BCUT2D eigenvalue weighted by molar-refractivity contribution is 7.03. The second-order valence-electron chi connectivity index (χ2n) is 4.10. The Balaban J connectivity index is 2.11. The molecule has 0 atom stereocenters. The number of nitrogens with zero attached hydrogens (tertiary/aromatic N) is 2. The molecule has 0 aliphatic heterocycles. The van der Waals surface area contributed by atoms with Crippen LogP contribution >= 0.6 is 11.5 Å². The van der Waals surface area contributed by atoms with Crippen molar-refractivity contribution in [3.05, 3.63) is 52.3 Å². The zero-order chi connectivity index (χ0) is 13.1. The highest BCUT2D eigenvalue weighted by Crippen LogP contribution is 2.14. The first-order valence-corrected chi connectivity index (χ1v) is 6.32. The molecule has 0 saturated heterocycles. The van der Waals surface area contributed by atoms with Crippen LogP contribution in [0.25, 0.3) is 0 Å². The number of halogens is 1. The molecule has 1 heterocycles. The summed E-state index contributed by atoms with van der Waals surface area (Å²) in [6, 6.07) is 6.26. The van der Waals surface area contributed by atoms with Crippen LogP contribution < -0.4 is 0 Å². The molecule has 5 heteroatoms. The molecular weight excluding hydrogens is 251 g/mol. The molecule has 0 aliphatic rings. The summed E-state index contributed by atoms with van der Waals surface area (Å²) in [7, 11) is 1.70. The van der Waals surface area contributed by atoms with Crippen LogP contribution in [0.2, 0.25) is 0 Å². The Morgan fingerprint density at radius 1 is 1.50 bits per heavy atom. The lowest BCUT2D eigenvalue weighted by Gasteiger charge is -2.16. The number of aryl methyl sites for hydroxylation is 1. The van der Waals surface area contributed by atoms with Gasteiger partial charge in [-0.3, -0.25) is 4.79 Å². The number of aromatic nitrogens is 1. The van der Waals surface area contributed by atoms with Crippen molar-refractivity contribution < 1.29 is 9.18 Å². The molecule has 3 nitrogen and oxygen atoms in total. The van der Waals surface area contributed by atoms with Crippen molar-refractivity contribution in [1.82, 2.24) is 9.27 Å². The molecule has 0 aliphatic carbocycles. The van der Waals surface area contributed by atoms with Crippen LogP contribution in [-0.4, -0.2) is 22.2 Å². The Morgan fingerprint density at radius 2 is 2.28 bits per heavy atom. The fourth-order valence-electron chi connectivity index (χ4n) is 1.68. The van der Waals surface area contributed by atoms with Gasteiger partial charge in [-0.1, -0.05) is 12.1 Å². The third-order valence-electron chi connectivity index (χ3n) is 2.64. The van der Waals surface area contributed by atoms with E-state index in [2.05, 4.69) is 4.37 Å². The highest BCUT2D eigenvalue weighted by atomic mass is 32.1. The molecule has 0 fully saturated rings. The summed E-state index contributed by atoms with van der Waals surface area (Å²) in [5.74, 6) is -0.382. The van der Waals surface area contributed by atoms with Crippen molar-refractivity contribution in [1.29, 1.82) is 0 Å². The van der Waals surface area contributed by atoms with E-state index >= 15 is 0 Å². The maximum Gasteiger partial charge on any atom is 0.256 e. The molecule has 1 amide bonds. The van der Waals surface area contributed by atoms with Crippen molar-refractivity contribution >= 4 is 17.4 Å². The van der Waals surface area contributed by atoms with Gasteiger partial charge in [-0.15, -0.1) is 0 Å². The van der Waals surface area contributed by atoms with Crippen molar-refractivity contribution in [3.8, 4) is 0 Å². The number of hydrogen-bond acceptors (Lipinski definition) is 3. The van der Waals surface area contributed by atoms with Gasteiger partial charge in [0.2, 0.25) is 0 Å². The maximum atomic E-state index is 13.0. The Bertz CT molecular complexity index is 568. The van der Waals surface area contributed by atoms with Gasteiger partial charge in [-0.2, -0.15) is 4.37 Å². The molecule has 0 radical (unpaired) electrons. The lowest BCUT2D eigenvalue weighted by Crippen LogP contribution is -2.26. The Hall–Kier alpha value is -1.75. The summed E-state index contributed by atoms with van der Waals surface area (Å²) >= 11 is 1.26. The van der Waals surface area contributed by atoms with Crippen LogP contribution in [-0.2, 0) is 6.54 Å². The fourth-order valence-corrected chi connectivity index (χ4v) is 2.37. The van der Waals surface area contributed by atoms with Gasteiger partial charge in [-0.25, -0.2) is 4.39 Å². The van der Waals surface area contributed by atoms with Crippen LogP contribution in [0.3, 0.4) is 0 Å². The van der Waals surface area contributed by atoms with Gasteiger partial charge in [0.1, 0.15) is 5.82 Å². The second-order valence-corrected chi connectivity index (χ2v) is 4.73. The first-order chi connectivity index (χ1) is 8.58. The van der Waals surface area contributed by atoms with Crippen molar-refractivity contribution in [2.75, 3.05) is 7.05 Å². The van der Waals surface area contributed by atoms with E-state index in [9.17, 15) is 9.18 Å². The van der Waals surface area contributed by atoms with E-state index in [1.165, 1.54) is 23.7 Å². The Labute approximate surface area is 109 Å². The molecule has 0 spiro atoms. The zero-order valence-electron chi connectivity index (χ0n) is 10.2. The largest absolute Gasteiger partial charge is 0.337 e. The molecule has 2 aromatic rings. The van der Waals surface area contributed by atoms with E-state index in [1.54, 1.807) is 36.4 Å². The van der Waals surface area contributed by atoms with Crippen LogP contribution in [0.5, 0.6) is 0 Å². The van der Waals surface area contributed by atoms with Gasteiger partial charge in [0.15, 0.2) is 0 Å². The molecular formula is C13H13FN2OS. The fraction of sp³-hybridized carbons (Fsp3) is 0.231. The third kappa shape index (κ3) is 2.73. The van der Waals surface area contributed by atoms with E-state index in [-0.39, 0.29) is 11.7 Å². The predicted molar refractivity (Wildman–Crippen MR) is 69.0 cm³/mol. The smallest absolute Gasteiger partial charge is 0.256 e. The molecule has 1 aromatic heterocycles. The summed E-state index contributed by atoms with van der Waals surface area (Å²) in [4.78, 5) is 13.7. The minimum atomic E-state index is -0.290. The van der Waals surface area contributed by atoms with Crippen LogP contribution in [0.1, 0.15) is 21.6 Å². The van der Waals surface area contributed by atoms with Crippen molar-refractivity contribution in [3.63, 3.8) is 0 Å². The molecule has 18 heavy (non-hydrogen) atoms. The van der Waals surface area contributed by atoms with Crippen LogP contribution in [0.4, 0.5) is 4.39 Å². The van der Waals surface area contributed by atoms with Gasteiger partial charge in [0.25, 0.3) is 5.91 Å². The molecule has 0 unspecified atom stereocenters. The number of carbonyl (C=O) groups is 1. The maximum absolute atomic E-state index is 13.0. The number of amides is 1. The number of rotatable bonds is 3. The van der Waals surface area contributed by atoms with Crippen molar-refractivity contribution in [2.24, 2.45) is 0 Å². The average Bonchev–Trinajstić information content (AvgIpc) is 2.74. The minimum Gasteiger partial charge on any atom is -0.337 e. The molecule has 0 saturated carbocycles. The predicted octanol–water partition coefficient (Wildman–Crippen LogP) is 2.86. The van der Waals surface area contributed by atoms with Crippen LogP contribution in [0, 0.1) is 12.7 Å². The lowest BCUT2D eigenvalue weighted by molar-refractivity contribution is 0.0784. The Kier molecular flexibility index (Phi) is 3.72. The minimum absolute atomic E-state index is 0.0921. The third-order valence-corrected chi connectivity index (χ3v) is 3.36. The molecule has 0 bridgehead atoms. The van der Waals surface area contributed by atoms with E-state index in [0.29, 0.717) is 12.1 Å². The van der Waals surface area contributed by atoms with Gasteiger partial charge in [0.05, 0.1) is 11.3 Å². The molecule has 1 aromatic carbocycles. The van der Waals surface area contributed by atoms with E-state index in [4.69, 9.17) is 0 Å². The first kappa shape index (κ1) is 12.7. The summed E-state index contributed by atoms with van der Waals surface area (Å²) in [5.41, 5.74) is 2.11. The van der Waals surface area contributed by atoms with E-state index in [0.717, 1.165) is 11.3 Å². The highest BCUT2D eigenvalue weighted by Gasteiger charge is 2.16. The van der Waals surface area contributed by atoms with Gasteiger partial charge < -0.3 is 4.90 Å². The molecule has 0 N–H and O–H groups in total. The topological polar surface area (TPSA) is 33.2 Å². The zero-order valence-corrected chi connectivity index (χ0v) is 11.0. The first-order valence-electron chi connectivity index (χ1n) is 5.49. The summed E-state index contributed by atoms with van der Waals surface area (Å²) < 4.78 is 17.1. The summed E-state index contributed by atoms with van der Waals surface area (Å²) in [6.07, 6.45) is 0. The standard InChI is InChI=1S/C13H13FN2OS/c1-9-12(8-18-15-9)13(17)16(2)7-10-4-3-5-11(14)6-10/h3-6,8H,7H2,1-2H3. The number of carbonyl (C=O) groups excluding carboxylic acids is 1. The van der Waals surface area contributed by atoms with Gasteiger partial charge in [-0.05, 0) is 36.2 Å². The van der Waals surface area contributed by atoms with E-state index < -0.39 is 0 Å². The average molecular weight is 264 g/mol. The lowest BCUT2D eigenvalue weighted by atomic mass is 10.2. The Morgan fingerprint density at radius 3 is 2.89 bits per heavy atom. The van der Waals surface area contributed by atoms with Crippen molar-refractivity contribution in [2.45, 2.75) is 13.5 Å². The monoisotopic (exact) mass is 264 g/mol. The van der Waals surface area contributed by atoms with Gasteiger partial charge >= 0.3 is 0 Å². The quantitative estimate of drug-likeness (QED) is 0.854. The number of hydrogen-bond donors (Lipinski definition) is 0. The summed E-state index contributed by atoms with van der Waals surface area (Å²) in [6.45, 7) is 2.19. The van der Waals surface area contributed by atoms with E-state index in [1.807, 2.05) is 0 Å². The summed E-state index contributed by atoms with van der Waals surface area (Å²) in [5, 5.41) is 1.74. The van der Waals surface area contributed by atoms with Gasteiger partial charge in [0, 0.05) is 19.0 Å². The number of benzene rings is 1. The molecule has 2 rings (SSSR count). The SMILES string of the molecule is Cc1nscc1C(=O)N(C)Cc1cccc(F)c1. The normalized spacial score (nSPS) is 10.4.